The number of ether oxygens (including phenoxy) is 1. The summed E-state index contributed by atoms with van der Waals surface area (Å²) in [5.74, 6) is 0.620. The molecular formula is C11H12F2N2O. The second-order valence-electron chi connectivity index (χ2n) is 3.52. The Morgan fingerprint density at radius 2 is 2.12 bits per heavy atom. The third-order valence-corrected chi connectivity index (χ3v) is 2.55. The Hall–Kier alpha value is -1.62. The third-order valence-electron chi connectivity index (χ3n) is 2.55. The smallest absolute Gasteiger partial charge is 0.257 e. The minimum atomic E-state index is -2.58. The van der Waals surface area contributed by atoms with Gasteiger partial charge in [-0.1, -0.05) is 0 Å². The van der Waals surface area contributed by atoms with Crippen molar-refractivity contribution < 1.29 is 13.5 Å². The van der Waals surface area contributed by atoms with Crippen molar-refractivity contribution in [1.29, 1.82) is 0 Å². The lowest BCUT2D eigenvalue weighted by Gasteiger charge is -2.09. The lowest BCUT2D eigenvalue weighted by molar-refractivity contribution is 0.117. The molecule has 1 aromatic carbocycles. The second kappa shape index (κ2) is 4.09. The number of benzene rings is 1. The Kier molecular flexibility index (Phi) is 2.78. The summed E-state index contributed by atoms with van der Waals surface area (Å²) in [7, 11) is 1.53. The summed E-state index contributed by atoms with van der Waals surface area (Å²) in [5.41, 5.74) is 6.61. The van der Waals surface area contributed by atoms with Gasteiger partial charge >= 0.3 is 0 Å². The molecule has 0 saturated heterocycles. The van der Waals surface area contributed by atoms with Gasteiger partial charge in [0, 0.05) is 22.7 Å². The topological polar surface area (TPSA) is 51.0 Å². The van der Waals surface area contributed by atoms with Crippen LogP contribution in [0.15, 0.2) is 24.4 Å². The Balaban J connectivity index is 2.53. The molecule has 0 saturated carbocycles. The number of fused-ring (bicyclic) bond motifs is 1. The molecule has 2 aromatic rings. The minimum Gasteiger partial charge on any atom is -0.497 e. The molecule has 5 heteroatoms. The summed E-state index contributed by atoms with van der Waals surface area (Å²) < 4.78 is 30.1. The SMILES string of the molecule is COc1ccc2[nH]cc([C@@H](N)C(F)F)c2c1. The van der Waals surface area contributed by atoms with Gasteiger partial charge in [-0.2, -0.15) is 0 Å². The van der Waals surface area contributed by atoms with Gasteiger partial charge in [0.05, 0.1) is 13.2 Å². The molecule has 0 bridgehead atoms. The van der Waals surface area contributed by atoms with Crippen LogP contribution >= 0.6 is 0 Å². The highest BCUT2D eigenvalue weighted by molar-refractivity contribution is 5.85. The molecule has 16 heavy (non-hydrogen) atoms. The average molecular weight is 226 g/mol. The number of halogens is 2. The van der Waals surface area contributed by atoms with E-state index in [-0.39, 0.29) is 0 Å². The van der Waals surface area contributed by atoms with Crippen LogP contribution in [0, 0.1) is 0 Å². The molecule has 0 unspecified atom stereocenters. The van der Waals surface area contributed by atoms with E-state index in [9.17, 15) is 8.78 Å². The van der Waals surface area contributed by atoms with Crippen LogP contribution in [0.2, 0.25) is 0 Å². The maximum Gasteiger partial charge on any atom is 0.257 e. The Morgan fingerprint density at radius 3 is 2.75 bits per heavy atom. The zero-order valence-electron chi connectivity index (χ0n) is 8.71. The predicted octanol–water partition coefficient (Wildman–Crippen LogP) is 2.44. The standard InChI is InChI=1S/C11H12F2N2O/c1-16-6-2-3-9-7(4-6)8(5-15-9)10(14)11(12)13/h2-5,10-11,15H,14H2,1H3/t10-/m1/s1. The van der Waals surface area contributed by atoms with Gasteiger partial charge in [-0.15, -0.1) is 0 Å². The van der Waals surface area contributed by atoms with Crippen molar-refractivity contribution in [3.8, 4) is 5.75 Å². The molecule has 0 radical (unpaired) electrons. The summed E-state index contributed by atoms with van der Waals surface area (Å²) in [6, 6.07) is 3.95. The second-order valence-corrected chi connectivity index (χ2v) is 3.52. The van der Waals surface area contributed by atoms with Crippen molar-refractivity contribution >= 4 is 10.9 Å². The molecule has 3 nitrogen and oxygen atoms in total. The molecule has 0 amide bonds. The largest absolute Gasteiger partial charge is 0.497 e. The van der Waals surface area contributed by atoms with Crippen LogP contribution in [-0.4, -0.2) is 18.5 Å². The van der Waals surface area contributed by atoms with Gasteiger partial charge in [-0.3, -0.25) is 0 Å². The van der Waals surface area contributed by atoms with Crippen LogP contribution in [0.1, 0.15) is 11.6 Å². The number of aromatic amines is 1. The van der Waals surface area contributed by atoms with Gasteiger partial charge in [0.2, 0.25) is 0 Å². The number of hydrogen-bond acceptors (Lipinski definition) is 2. The molecule has 1 atom stereocenters. The average Bonchev–Trinajstić information content (AvgIpc) is 2.70. The fourth-order valence-electron chi connectivity index (χ4n) is 1.66. The number of nitrogens with one attached hydrogen (secondary N) is 1. The molecule has 0 aliphatic carbocycles. The van der Waals surface area contributed by atoms with Crippen molar-refractivity contribution in [2.45, 2.75) is 12.5 Å². The molecule has 0 aliphatic rings. The summed E-state index contributed by atoms with van der Waals surface area (Å²) >= 11 is 0. The van der Waals surface area contributed by atoms with E-state index in [4.69, 9.17) is 10.5 Å². The molecule has 1 aromatic heterocycles. The van der Waals surface area contributed by atoms with E-state index in [1.807, 2.05) is 0 Å². The Bertz CT molecular complexity index is 496. The zero-order valence-corrected chi connectivity index (χ0v) is 8.71. The van der Waals surface area contributed by atoms with Crippen LogP contribution in [0.5, 0.6) is 5.75 Å². The first-order valence-corrected chi connectivity index (χ1v) is 4.82. The van der Waals surface area contributed by atoms with E-state index in [0.717, 1.165) is 5.52 Å². The van der Waals surface area contributed by atoms with Gasteiger partial charge in [-0.05, 0) is 18.2 Å². The number of nitrogens with two attached hydrogens (primary N) is 1. The van der Waals surface area contributed by atoms with Crippen molar-refractivity contribution in [1.82, 2.24) is 4.98 Å². The fraction of sp³-hybridized carbons (Fsp3) is 0.273. The van der Waals surface area contributed by atoms with E-state index >= 15 is 0 Å². The van der Waals surface area contributed by atoms with E-state index in [1.54, 1.807) is 18.2 Å². The van der Waals surface area contributed by atoms with Crippen LogP contribution in [0.3, 0.4) is 0 Å². The lowest BCUT2D eigenvalue weighted by Crippen LogP contribution is -2.18. The summed E-state index contributed by atoms with van der Waals surface area (Å²) in [6.07, 6.45) is -1.06. The number of H-pyrrole nitrogens is 1. The minimum absolute atomic E-state index is 0.406. The molecule has 1 heterocycles. The molecule has 2 rings (SSSR count). The molecular weight excluding hydrogens is 214 g/mol. The molecule has 86 valence electrons. The van der Waals surface area contributed by atoms with Crippen LogP contribution in [0.4, 0.5) is 8.78 Å². The van der Waals surface area contributed by atoms with E-state index in [2.05, 4.69) is 4.98 Å². The summed E-state index contributed by atoms with van der Waals surface area (Å²) in [5, 5.41) is 0.673. The van der Waals surface area contributed by atoms with Crippen LogP contribution in [-0.2, 0) is 0 Å². The summed E-state index contributed by atoms with van der Waals surface area (Å²) in [4.78, 5) is 2.91. The van der Waals surface area contributed by atoms with Crippen LogP contribution in [0.25, 0.3) is 10.9 Å². The lowest BCUT2D eigenvalue weighted by atomic mass is 10.1. The summed E-state index contributed by atoms with van der Waals surface area (Å²) in [6.45, 7) is 0. The quantitative estimate of drug-likeness (QED) is 0.844. The zero-order chi connectivity index (χ0) is 11.7. The van der Waals surface area contributed by atoms with Crippen molar-refractivity contribution in [2.24, 2.45) is 5.73 Å². The first kappa shape index (κ1) is 10.9. The molecule has 0 fully saturated rings. The number of alkyl halides is 2. The van der Waals surface area contributed by atoms with Gasteiger partial charge in [0.25, 0.3) is 6.43 Å². The van der Waals surface area contributed by atoms with E-state index in [0.29, 0.717) is 16.7 Å². The predicted molar refractivity (Wildman–Crippen MR) is 57.8 cm³/mol. The number of hydrogen-bond donors (Lipinski definition) is 2. The van der Waals surface area contributed by atoms with Crippen LogP contribution < -0.4 is 10.5 Å². The van der Waals surface area contributed by atoms with Crippen molar-refractivity contribution in [2.75, 3.05) is 7.11 Å². The van der Waals surface area contributed by atoms with E-state index < -0.39 is 12.5 Å². The van der Waals surface area contributed by atoms with Gasteiger partial charge < -0.3 is 15.5 Å². The number of rotatable bonds is 3. The third kappa shape index (κ3) is 1.74. The fourth-order valence-corrected chi connectivity index (χ4v) is 1.66. The van der Waals surface area contributed by atoms with Crippen molar-refractivity contribution in [3.05, 3.63) is 30.0 Å². The maximum absolute atomic E-state index is 12.5. The molecule has 0 spiro atoms. The van der Waals surface area contributed by atoms with Crippen molar-refractivity contribution in [3.63, 3.8) is 0 Å². The van der Waals surface area contributed by atoms with Gasteiger partial charge in [0.1, 0.15) is 5.75 Å². The normalized spacial score (nSPS) is 13.3. The monoisotopic (exact) mass is 226 g/mol. The number of methoxy groups -OCH3 is 1. The molecule has 3 N–H and O–H groups in total. The first-order chi connectivity index (χ1) is 7.63. The van der Waals surface area contributed by atoms with E-state index in [1.165, 1.54) is 13.3 Å². The molecule has 0 aliphatic heterocycles. The highest BCUT2D eigenvalue weighted by atomic mass is 19.3. The number of aromatic nitrogens is 1. The Morgan fingerprint density at radius 1 is 1.38 bits per heavy atom. The maximum atomic E-state index is 12.5. The highest BCUT2D eigenvalue weighted by Gasteiger charge is 2.20. The highest BCUT2D eigenvalue weighted by Crippen LogP contribution is 2.29. The van der Waals surface area contributed by atoms with Gasteiger partial charge in [-0.25, -0.2) is 8.78 Å². The first-order valence-electron chi connectivity index (χ1n) is 4.82. The van der Waals surface area contributed by atoms with Gasteiger partial charge in [0.15, 0.2) is 0 Å². The Labute approximate surface area is 91.2 Å².